The Morgan fingerprint density at radius 3 is 2.23 bits per heavy atom. The Morgan fingerprint density at radius 1 is 1.07 bits per heavy atom. The third kappa shape index (κ3) is 6.76. The molecule has 1 fully saturated rings. The number of amides is 4. The molecule has 11 heteroatoms. The third-order valence-electron chi connectivity index (χ3n) is 3.56. The summed E-state index contributed by atoms with van der Waals surface area (Å²) in [5.74, 6) is -2.24. The van der Waals surface area contributed by atoms with Gasteiger partial charge >= 0.3 is 18.2 Å². The number of ether oxygens (including phenoxy) is 1. The number of benzene rings is 1. The van der Waals surface area contributed by atoms with Gasteiger partial charge in [-0.15, -0.1) is 10.1 Å². The minimum absolute atomic E-state index is 0.0872. The van der Waals surface area contributed by atoms with Gasteiger partial charge in [0.1, 0.15) is 5.60 Å². The fourth-order valence-corrected chi connectivity index (χ4v) is 2.26. The zero-order valence-electron chi connectivity index (χ0n) is 16.9. The van der Waals surface area contributed by atoms with Crippen molar-refractivity contribution in [2.45, 2.75) is 39.2 Å². The predicted molar refractivity (Wildman–Crippen MR) is 100 cm³/mol. The summed E-state index contributed by atoms with van der Waals surface area (Å²) in [4.78, 5) is 69.5. The van der Waals surface area contributed by atoms with Crippen LogP contribution in [0.5, 0.6) is 0 Å². The lowest BCUT2D eigenvalue weighted by Crippen LogP contribution is -2.44. The first kappa shape index (κ1) is 22.7. The molecule has 1 saturated heterocycles. The highest BCUT2D eigenvalue weighted by Gasteiger charge is 2.35. The van der Waals surface area contributed by atoms with Crippen LogP contribution < -0.4 is 5.32 Å². The van der Waals surface area contributed by atoms with Gasteiger partial charge in [-0.2, -0.15) is 0 Å². The summed E-state index contributed by atoms with van der Waals surface area (Å²) in [5, 5.41) is 3.23. The van der Waals surface area contributed by atoms with E-state index in [0.717, 1.165) is 0 Å². The summed E-state index contributed by atoms with van der Waals surface area (Å²) in [7, 11) is 0. The van der Waals surface area contributed by atoms with Gasteiger partial charge < -0.3 is 19.7 Å². The number of alkyl carbamates (subject to hydrolysis) is 1. The Hall–Kier alpha value is -3.63. The molecule has 2 rings (SSSR count). The predicted octanol–water partition coefficient (Wildman–Crippen LogP) is 1.79. The second-order valence-corrected chi connectivity index (χ2v) is 7.21. The summed E-state index contributed by atoms with van der Waals surface area (Å²) >= 11 is 0. The van der Waals surface area contributed by atoms with E-state index in [2.05, 4.69) is 5.32 Å². The van der Waals surface area contributed by atoms with E-state index in [-0.39, 0.29) is 31.5 Å². The topological polar surface area (TPSA) is 132 Å². The lowest BCUT2D eigenvalue weighted by atomic mass is 10.2. The maximum Gasteiger partial charge on any atom is 0.468 e. The van der Waals surface area contributed by atoms with Crippen LogP contribution in [0.1, 0.15) is 44.0 Å². The monoisotopic (exact) mass is 421 g/mol. The summed E-state index contributed by atoms with van der Waals surface area (Å²) in [6, 6.07) is 7.84. The Morgan fingerprint density at radius 2 is 1.67 bits per heavy atom. The van der Waals surface area contributed by atoms with E-state index in [9.17, 15) is 24.0 Å². The second kappa shape index (κ2) is 9.72. The van der Waals surface area contributed by atoms with Crippen molar-refractivity contribution in [1.29, 1.82) is 0 Å². The zero-order valence-corrected chi connectivity index (χ0v) is 16.9. The van der Waals surface area contributed by atoms with Crippen LogP contribution in [0, 0.1) is 0 Å². The Bertz CT molecular complexity index is 803. The van der Waals surface area contributed by atoms with Gasteiger partial charge in [0, 0.05) is 19.4 Å². The molecule has 30 heavy (non-hydrogen) atoms. The van der Waals surface area contributed by atoms with Crippen LogP contribution >= 0.6 is 0 Å². The van der Waals surface area contributed by atoms with Crippen LogP contribution in [-0.2, 0) is 24.0 Å². The second-order valence-electron chi connectivity index (χ2n) is 7.21. The SMILES string of the molecule is CC(C)(C)OC(=O)NCCN(OC(=O)c1ccccc1)C(=O)ON1C(=O)CCC1=O. The minimum atomic E-state index is -1.27. The van der Waals surface area contributed by atoms with E-state index >= 15 is 0 Å². The normalized spacial score (nSPS) is 13.6. The molecule has 0 aromatic heterocycles. The summed E-state index contributed by atoms with van der Waals surface area (Å²) in [6.07, 6.45) is -2.18. The van der Waals surface area contributed by atoms with E-state index in [0.29, 0.717) is 10.1 Å². The van der Waals surface area contributed by atoms with Crippen LogP contribution in [-0.4, -0.2) is 58.8 Å². The van der Waals surface area contributed by atoms with Crippen molar-refractivity contribution < 1.29 is 38.4 Å². The molecule has 0 bridgehead atoms. The number of carbonyl (C=O) groups excluding carboxylic acids is 5. The smallest absolute Gasteiger partial charge is 0.444 e. The summed E-state index contributed by atoms with van der Waals surface area (Å²) in [5.41, 5.74) is -0.567. The van der Waals surface area contributed by atoms with Gasteiger partial charge in [-0.05, 0) is 32.9 Å². The van der Waals surface area contributed by atoms with E-state index < -0.39 is 35.6 Å². The number of hydrogen-bond donors (Lipinski definition) is 1. The van der Waals surface area contributed by atoms with Gasteiger partial charge in [-0.1, -0.05) is 18.2 Å². The standard InChI is InChI=1S/C19H23N3O8/c1-19(2,3)28-17(26)20-11-12-21(29-16(25)13-7-5-4-6-8-13)18(27)30-22-14(23)9-10-15(22)24/h4-8H,9-12H2,1-3H3,(H,20,26). The average molecular weight is 421 g/mol. The molecule has 0 radical (unpaired) electrons. The molecular weight excluding hydrogens is 398 g/mol. The van der Waals surface area contributed by atoms with Gasteiger partial charge in [0.05, 0.1) is 12.1 Å². The van der Waals surface area contributed by atoms with E-state index in [1.807, 2.05) is 0 Å². The zero-order chi connectivity index (χ0) is 22.3. The maximum absolute atomic E-state index is 12.4. The molecule has 4 amide bonds. The van der Waals surface area contributed by atoms with E-state index in [1.54, 1.807) is 39.0 Å². The lowest BCUT2D eigenvalue weighted by Gasteiger charge is -2.23. The molecule has 1 heterocycles. The molecule has 0 unspecified atom stereocenters. The molecule has 1 aliphatic heterocycles. The number of nitrogens with one attached hydrogen (secondary N) is 1. The fraction of sp³-hybridized carbons (Fsp3) is 0.421. The highest BCUT2D eigenvalue weighted by molar-refractivity contribution is 6.01. The van der Waals surface area contributed by atoms with Crippen molar-refractivity contribution in [1.82, 2.24) is 15.4 Å². The molecule has 1 aromatic carbocycles. The molecule has 11 nitrogen and oxygen atoms in total. The molecule has 0 aliphatic carbocycles. The van der Waals surface area contributed by atoms with Crippen LogP contribution in [0.25, 0.3) is 0 Å². The van der Waals surface area contributed by atoms with E-state index in [4.69, 9.17) is 14.4 Å². The van der Waals surface area contributed by atoms with Crippen LogP contribution in [0.2, 0.25) is 0 Å². The molecule has 0 atom stereocenters. The van der Waals surface area contributed by atoms with Crippen molar-refractivity contribution in [3.63, 3.8) is 0 Å². The number of carbonyl (C=O) groups is 5. The fourth-order valence-electron chi connectivity index (χ4n) is 2.26. The quantitative estimate of drug-likeness (QED) is 0.562. The molecule has 0 spiro atoms. The van der Waals surface area contributed by atoms with Crippen molar-refractivity contribution in [2.24, 2.45) is 0 Å². The largest absolute Gasteiger partial charge is 0.468 e. The molecule has 0 saturated carbocycles. The first-order valence-corrected chi connectivity index (χ1v) is 9.16. The highest BCUT2D eigenvalue weighted by atomic mass is 16.8. The van der Waals surface area contributed by atoms with Gasteiger partial charge in [-0.25, -0.2) is 14.4 Å². The first-order chi connectivity index (χ1) is 14.1. The van der Waals surface area contributed by atoms with Gasteiger partial charge in [0.25, 0.3) is 11.8 Å². The molecule has 1 N–H and O–H groups in total. The lowest BCUT2D eigenvalue weighted by molar-refractivity contribution is -0.183. The summed E-state index contributed by atoms with van der Waals surface area (Å²) in [6.45, 7) is 4.56. The van der Waals surface area contributed by atoms with E-state index in [1.165, 1.54) is 12.1 Å². The Labute approximate surface area is 172 Å². The first-order valence-electron chi connectivity index (χ1n) is 9.16. The van der Waals surface area contributed by atoms with Gasteiger partial charge in [0.15, 0.2) is 0 Å². The number of nitrogens with zero attached hydrogens (tertiary/aromatic N) is 2. The minimum Gasteiger partial charge on any atom is -0.444 e. The molecular formula is C19H23N3O8. The maximum atomic E-state index is 12.4. The van der Waals surface area contributed by atoms with Crippen LogP contribution in [0.3, 0.4) is 0 Å². The molecule has 1 aromatic rings. The Kier molecular flexibility index (Phi) is 7.34. The van der Waals surface area contributed by atoms with Crippen molar-refractivity contribution >= 4 is 30.0 Å². The number of rotatable bonds is 5. The van der Waals surface area contributed by atoms with Crippen molar-refractivity contribution in [2.75, 3.05) is 13.1 Å². The molecule has 1 aliphatic rings. The average Bonchev–Trinajstić information content (AvgIpc) is 2.98. The van der Waals surface area contributed by atoms with Crippen molar-refractivity contribution in [3.05, 3.63) is 35.9 Å². The number of hydroxylamine groups is 4. The van der Waals surface area contributed by atoms with Crippen molar-refractivity contribution in [3.8, 4) is 0 Å². The highest BCUT2D eigenvalue weighted by Crippen LogP contribution is 2.14. The van der Waals surface area contributed by atoms with Crippen LogP contribution in [0.15, 0.2) is 30.3 Å². The third-order valence-corrected chi connectivity index (χ3v) is 3.56. The van der Waals surface area contributed by atoms with Gasteiger partial charge in [0.2, 0.25) is 0 Å². The Balaban J connectivity index is 2.02. The molecule has 162 valence electrons. The van der Waals surface area contributed by atoms with Crippen LogP contribution in [0.4, 0.5) is 9.59 Å². The number of imide groups is 1. The van der Waals surface area contributed by atoms with Gasteiger partial charge in [-0.3, -0.25) is 9.59 Å². The number of hydrogen-bond acceptors (Lipinski definition) is 8. The summed E-state index contributed by atoms with van der Waals surface area (Å²) < 4.78 is 5.08.